The fourth-order valence-electron chi connectivity index (χ4n) is 2.41. The zero-order valence-electron chi connectivity index (χ0n) is 10.5. The van der Waals surface area contributed by atoms with Gasteiger partial charge in [0.2, 0.25) is 5.91 Å². The summed E-state index contributed by atoms with van der Waals surface area (Å²) in [6.07, 6.45) is 5.20. The van der Waals surface area contributed by atoms with E-state index in [2.05, 4.69) is 10.6 Å². The molecule has 1 fully saturated rings. The van der Waals surface area contributed by atoms with Gasteiger partial charge >= 0.3 is 0 Å². The number of amides is 1. The van der Waals surface area contributed by atoms with Crippen molar-refractivity contribution in [2.45, 2.75) is 50.2 Å². The molecule has 17 heavy (non-hydrogen) atoms. The van der Waals surface area contributed by atoms with E-state index in [-0.39, 0.29) is 24.6 Å². The van der Waals surface area contributed by atoms with Crippen molar-refractivity contribution in [3.8, 4) is 0 Å². The van der Waals surface area contributed by atoms with E-state index in [0.717, 1.165) is 25.7 Å². The van der Waals surface area contributed by atoms with Crippen molar-refractivity contribution >= 4 is 5.91 Å². The zero-order valence-corrected chi connectivity index (χ0v) is 10.5. The lowest BCUT2D eigenvalue weighted by molar-refractivity contribution is -0.123. The first-order valence-corrected chi connectivity index (χ1v) is 6.36. The molecule has 0 bridgehead atoms. The van der Waals surface area contributed by atoms with Gasteiger partial charge in [0, 0.05) is 18.5 Å². The van der Waals surface area contributed by atoms with Crippen molar-refractivity contribution in [1.29, 1.82) is 0 Å². The summed E-state index contributed by atoms with van der Waals surface area (Å²) >= 11 is 0. The van der Waals surface area contributed by atoms with Gasteiger partial charge in [0.1, 0.15) is 0 Å². The quantitative estimate of drug-likeness (QED) is 0.520. The Bertz CT molecular complexity index is 240. The Morgan fingerprint density at radius 3 is 2.53 bits per heavy atom. The molecule has 1 saturated carbocycles. The molecule has 0 heterocycles. The van der Waals surface area contributed by atoms with Crippen LogP contribution in [-0.2, 0) is 4.79 Å². The number of nitrogens with one attached hydrogen (secondary N) is 2. The van der Waals surface area contributed by atoms with Gasteiger partial charge in [0.05, 0.1) is 12.7 Å². The molecule has 0 radical (unpaired) electrons. The third-order valence-electron chi connectivity index (χ3n) is 3.59. The molecule has 5 heteroatoms. The van der Waals surface area contributed by atoms with Gasteiger partial charge in [-0.1, -0.05) is 19.3 Å². The molecular formula is C12H24N2O3. The van der Waals surface area contributed by atoms with E-state index in [9.17, 15) is 4.79 Å². The molecular weight excluding hydrogens is 220 g/mol. The van der Waals surface area contributed by atoms with Crippen molar-refractivity contribution in [3.05, 3.63) is 0 Å². The Kier molecular flexibility index (Phi) is 5.88. The molecule has 4 N–H and O–H groups in total. The molecule has 0 saturated heterocycles. The standard InChI is InChI=1S/C12H24N2O3/c1-13-12(5-3-2-4-6-12)7-11(17)14-8-10(16)9-15/h10,13,15-16H,2-9H2,1H3,(H,14,17). The first-order valence-electron chi connectivity index (χ1n) is 6.36. The van der Waals surface area contributed by atoms with Crippen LogP contribution in [0.1, 0.15) is 38.5 Å². The van der Waals surface area contributed by atoms with Crippen LogP contribution in [0.15, 0.2) is 0 Å². The third-order valence-corrected chi connectivity index (χ3v) is 3.59. The first kappa shape index (κ1) is 14.4. The number of aliphatic hydroxyl groups is 2. The van der Waals surface area contributed by atoms with Gasteiger partial charge in [-0.15, -0.1) is 0 Å². The van der Waals surface area contributed by atoms with E-state index >= 15 is 0 Å². The summed E-state index contributed by atoms with van der Waals surface area (Å²) in [6.45, 7) is -0.202. The zero-order chi connectivity index (χ0) is 12.7. The second-order valence-corrected chi connectivity index (χ2v) is 4.91. The van der Waals surface area contributed by atoms with Gasteiger partial charge in [-0.05, 0) is 19.9 Å². The average molecular weight is 244 g/mol. The molecule has 0 aromatic rings. The molecule has 1 aliphatic rings. The Hall–Kier alpha value is -0.650. The number of hydrogen-bond donors (Lipinski definition) is 4. The Labute approximate surface area is 103 Å². The van der Waals surface area contributed by atoms with Crippen LogP contribution in [0.2, 0.25) is 0 Å². The van der Waals surface area contributed by atoms with E-state index in [0.29, 0.717) is 6.42 Å². The maximum atomic E-state index is 11.8. The van der Waals surface area contributed by atoms with Crippen LogP contribution in [0.4, 0.5) is 0 Å². The molecule has 0 aliphatic heterocycles. The Morgan fingerprint density at radius 2 is 2.00 bits per heavy atom. The van der Waals surface area contributed by atoms with Crippen molar-refractivity contribution in [3.63, 3.8) is 0 Å². The van der Waals surface area contributed by atoms with Crippen molar-refractivity contribution in [2.24, 2.45) is 0 Å². The minimum Gasteiger partial charge on any atom is -0.394 e. The second kappa shape index (κ2) is 6.93. The second-order valence-electron chi connectivity index (χ2n) is 4.91. The molecule has 1 rings (SSSR count). The van der Waals surface area contributed by atoms with Gasteiger partial charge in [0.25, 0.3) is 0 Å². The SMILES string of the molecule is CNC1(CC(=O)NCC(O)CO)CCCCC1. The van der Waals surface area contributed by atoms with Gasteiger partial charge in [-0.25, -0.2) is 0 Å². The highest BCUT2D eigenvalue weighted by Gasteiger charge is 2.32. The van der Waals surface area contributed by atoms with E-state index in [1.54, 1.807) is 0 Å². The average Bonchev–Trinajstić information content (AvgIpc) is 2.37. The lowest BCUT2D eigenvalue weighted by atomic mass is 9.79. The molecule has 1 amide bonds. The van der Waals surface area contributed by atoms with Crippen LogP contribution in [-0.4, -0.2) is 48.0 Å². The Morgan fingerprint density at radius 1 is 1.35 bits per heavy atom. The van der Waals surface area contributed by atoms with E-state index < -0.39 is 6.10 Å². The number of carbonyl (C=O) groups is 1. The summed E-state index contributed by atoms with van der Waals surface area (Å²) in [6, 6.07) is 0. The molecule has 0 spiro atoms. The molecule has 1 aliphatic carbocycles. The predicted octanol–water partition coefficient (Wildman–Crippen LogP) is -0.232. The summed E-state index contributed by atoms with van der Waals surface area (Å²) in [4.78, 5) is 11.8. The highest BCUT2D eigenvalue weighted by Crippen LogP contribution is 2.30. The maximum Gasteiger partial charge on any atom is 0.221 e. The molecule has 1 unspecified atom stereocenters. The van der Waals surface area contributed by atoms with Crippen LogP contribution in [0.5, 0.6) is 0 Å². The number of carbonyl (C=O) groups excluding carboxylic acids is 1. The minimum absolute atomic E-state index is 0.0613. The van der Waals surface area contributed by atoms with Gasteiger partial charge in [-0.2, -0.15) is 0 Å². The Balaban J connectivity index is 2.37. The van der Waals surface area contributed by atoms with E-state index in [1.807, 2.05) is 7.05 Å². The molecule has 0 aromatic carbocycles. The van der Waals surface area contributed by atoms with Crippen LogP contribution in [0.3, 0.4) is 0 Å². The lowest BCUT2D eigenvalue weighted by Gasteiger charge is -2.36. The van der Waals surface area contributed by atoms with Crippen LogP contribution < -0.4 is 10.6 Å². The monoisotopic (exact) mass is 244 g/mol. The van der Waals surface area contributed by atoms with Gasteiger partial charge < -0.3 is 20.8 Å². The summed E-state index contributed by atoms with van der Waals surface area (Å²) < 4.78 is 0. The topological polar surface area (TPSA) is 81.6 Å². The fourth-order valence-corrected chi connectivity index (χ4v) is 2.41. The number of rotatable bonds is 6. The van der Waals surface area contributed by atoms with Crippen molar-refractivity contribution in [1.82, 2.24) is 10.6 Å². The summed E-state index contributed by atoms with van der Waals surface area (Å²) in [5.74, 6) is -0.0613. The number of aliphatic hydroxyl groups excluding tert-OH is 2. The normalized spacial score (nSPS) is 20.9. The highest BCUT2D eigenvalue weighted by molar-refractivity contribution is 5.77. The van der Waals surface area contributed by atoms with Crippen LogP contribution >= 0.6 is 0 Å². The van der Waals surface area contributed by atoms with Crippen molar-refractivity contribution < 1.29 is 15.0 Å². The summed E-state index contributed by atoms with van der Waals surface area (Å²) in [5.41, 5.74) is -0.0769. The maximum absolute atomic E-state index is 11.8. The molecule has 0 aromatic heterocycles. The predicted molar refractivity (Wildman–Crippen MR) is 65.6 cm³/mol. The smallest absolute Gasteiger partial charge is 0.221 e. The largest absolute Gasteiger partial charge is 0.394 e. The molecule has 5 nitrogen and oxygen atoms in total. The first-order chi connectivity index (χ1) is 8.12. The molecule has 100 valence electrons. The van der Waals surface area contributed by atoms with E-state index in [4.69, 9.17) is 10.2 Å². The third kappa shape index (κ3) is 4.61. The highest BCUT2D eigenvalue weighted by atomic mass is 16.3. The number of hydrogen-bond acceptors (Lipinski definition) is 4. The lowest BCUT2D eigenvalue weighted by Crippen LogP contribution is -2.49. The van der Waals surface area contributed by atoms with Crippen molar-refractivity contribution in [2.75, 3.05) is 20.2 Å². The summed E-state index contributed by atoms with van der Waals surface area (Å²) in [5, 5.41) is 23.7. The van der Waals surface area contributed by atoms with Crippen LogP contribution in [0.25, 0.3) is 0 Å². The summed E-state index contributed by atoms with van der Waals surface area (Å²) in [7, 11) is 1.90. The van der Waals surface area contributed by atoms with Gasteiger partial charge in [0.15, 0.2) is 0 Å². The van der Waals surface area contributed by atoms with Gasteiger partial charge in [-0.3, -0.25) is 4.79 Å². The minimum atomic E-state index is -0.865. The van der Waals surface area contributed by atoms with Crippen LogP contribution in [0, 0.1) is 0 Å². The van der Waals surface area contributed by atoms with E-state index in [1.165, 1.54) is 6.42 Å². The molecule has 1 atom stereocenters. The fraction of sp³-hybridized carbons (Fsp3) is 0.917.